The SMILES string of the molecule is O=C1S/C(=C/c2cc(Cl)c(OCc3ccc(Cl)c(Cl)c3)c(Br)c2)C(=O)N1Cc1cccc([N+](=O)[O-])c1. The molecule has 0 spiro atoms. The van der Waals surface area contributed by atoms with E-state index < -0.39 is 16.1 Å². The normalized spacial score (nSPS) is 14.6. The monoisotopic (exact) mass is 626 g/mol. The maximum atomic E-state index is 12.9. The molecule has 0 aromatic heterocycles. The third kappa shape index (κ3) is 6.04. The fraction of sp³-hybridized carbons (Fsp3) is 0.0833. The number of carbonyl (C=O) groups is 2. The Kier molecular flexibility index (Phi) is 8.27. The maximum Gasteiger partial charge on any atom is 0.293 e. The average molecular weight is 629 g/mol. The summed E-state index contributed by atoms with van der Waals surface area (Å²) in [6, 6.07) is 14.3. The molecule has 36 heavy (non-hydrogen) atoms. The number of nitro groups is 1. The van der Waals surface area contributed by atoms with Gasteiger partial charge in [0.1, 0.15) is 6.61 Å². The highest BCUT2D eigenvalue weighted by Gasteiger charge is 2.35. The number of thioether (sulfide) groups is 1. The first-order valence-electron chi connectivity index (χ1n) is 10.2. The van der Waals surface area contributed by atoms with Gasteiger partial charge in [-0.2, -0.15) is 0 Å². The molecule has 3 aromatic rings. The quantitative estimate of drug-likeness (QED) is 0.149. The standard InChI is InChI=1S/C24H14BrCl3N2O5S/c25-17-7-15(9-20(28)22(17)35-12-14-4-5-18(26)19(27)8-14)10-21-23(31)29(24(32)36-21)11-13-2-1-3-16(6-13)30(33)34/h1-10H,11-12H2/b21-10+. The van der Waals surface area contributed by atoms with Gasteiger partial charge in [-0.1, -0.05) is 53.0 Å². The number of hydrogen-bond acceptors (Lipinski definition) is 6. The maximum absolute atomic E-state index is 12.9. The predicted octanol–water partition coefficient (Wildman–Crippen LogP) is 8.13. The molecule has 3 aromatic carbocycles. The van der Waals surface area contributed by atoms with Gasteiger partial charge < -0.3 is 4.74 Å². The first kappa shape index (κ1) is 26.5. The van der Waals surface area contributed by atoms with Crippen LogP contribution in [0.2, 0.25) is 15.1 Å². The van der Waals surface area contributed by atoms with E-state index in [0.29, 0.717) is 36.4 Å². The van der Waals surface area contributed by atoms with Crippen molar-refractivity contribution in [1.82, 2.24) is 4.90 Å². The number of carbonyl (C=O) groups excluding carboxylic acids is 2. The smallest absolute Gasteiger partial charge is 0.293 e. The van der Waals surface area contributed by atoms with Crippen LogP contribution >= 0.6 is 62.5 Å². The van der Waals surface area contributed by atoms with Crippen molar-refractivity contribution >= 4 is 85.4 Å². The summed E-state index contributed by atoms with van der Waals surface area (Å²) in [5, 5.41) is 11.7. The highest BCUT2D eigenvalue weighted by molar-refractivity contribution is 9.10. The lowest BCUT2D eigenvalue weighted by Crippen LogP contribution is -2.27. The minimum absolute atomic E-state index is 0.0738. The molecule has 0 atom stereocenters. The summed E-state index contributed by atoms with van der Waals surface area (Å²) in [7, 11) is 0. The Morgan fingerprint density at radius 2 is 1.78 bits per heavy atom. The van der Waals surface area contributed by atoms with E-state index in [1.807, 2.05) is 0 Å². The Labute approximate surface area is 233 Å². The lowest BCUT2D eigenvalue weighted by atomic mass is 10.1. The molecule has 0 radical (unpaired) electrons. The Hall–Kier alpha value is -2.56. The second-order valence-electron chi connectivity index (χ2n) is 7.55. The van der Waals surface area contributed by atoms with Gasteiger partial charge in [0.05, 0.1) is 35.9 Å². The summed E-state index contributed by atoms with van der Waals surface area (Å²) >= 11 is 22.6. The van der Waals surface area contributed by atoms with Crippen LogP contribution in [0.25, 0.3) is 6.08 Å². The van der Waals surface area contributed by atoms with E-state index in [9.17, 15) is 19.7 Å². The van der Waals surface area contributed by atoms with Crippen LogP contribution in [0.15, 0.2) is 64.0 Å². The first-order chi connectivity index (χ1) is 17.1. The molecule has 0 saturated carbocycles. The van der Waals surface area contributed by atoms with Gasteiger partial charge >= 0.3 is 0 Å². The number of amides is 2. The van der Waals surface area contributed by atoms with E-state index >= 15 is 0 Å². The van der Waals surface area contributed by atoms with Crippen molar-refractivity contribution in [1.29, 1.82) is 0 Å². The van der Waals surface area contributed by atoms with Gasteiger partial charge in [-0.3, -0.25) is 24.6 Å². The molecule has 12 heteroatoms. The summed E-state index contributed by atoms with van der Waals surface area (Å²) < 4.78 is 6.39. The molecule has 184 valence electrons. The fourth-order valence-corrected chi connectivity index (χ4v) is 5.47. The highest BCUT2D eigenvalue weighted by atomic mass is 79.9. The Morgan fingerprint density at radius 1 is 1.00 bits per heavy atom. The molecule has 1 fully saturated rings. The molecule has 0 N–H and O–H groups in total. The van der Waals surface area contributed by atoms with Crippen LogP contribution in [-0.2, 0) is 17.9 Å². The van der Waals surface area contributed by atoms with E-state index in [1.54, 1.807) is 42.5 Å². The second-order valence-corrected chi connectivity index (χ2v) is 10.6. The number of rotatable bonds is 7. The van der Waals surface area contributed by atoms with Gasteiger partial charge in [-0.25, -0.2) is 0 Å². The zero-order chi connectivity index (χ0) is 26.0. The van der Waals surface area contributed by atoms with E-state index in [4.69, 9.17) is 39.5 Å². The summed E-state index contributed by atoms with van der Waals surface area (Å²) in [5.41, 5.74) is 1.74. The lowest BCUT2D eigenvalue weighted by Gasteiger charge is -2.12. The molecule has 1 heterocycles. The summed E-state index contributed by atoms with van der Waals surface area (Å²) in [4.78, 5) is 37.1. The van der Waals surface area contributed by atoms with Crippen LogP contribution in [0.5, 0.6) is 5.75 Å². The minimum Gasteiger partial charge on any atom is -0.486 e. The van der Waals surface area contributed by atoms with Crippen molar-refractivity contribution < 1.29 is 19.2 Å². The summed E-state index contributed by atoms with van der Waals surface area (Å²) in [6.45, 7) is 0.126. The van der Waals surface area contributed by atoms with Crippen LogP contribution in [0.4, 0.5) is 10.5 Å². The molecule has 1 aliphatic rings. The van der Waals surface area contributed by atoms with Gasteiger partial charge in [0.2, 0.25) is 0 Å². The Balaban J connectivity index is 1.49. The van der Waals surface area contributed by atoms with Crippen LogP contribution in [0.3, 0.4) is 0 Å². The summed E-state index contributed by atoms with van der Waals surface area (Å²) in [5.74, 6) is -0.0950. The molecule has 0 unspecified atom stereocenters. The lowest BCUT2D eigenvalue weighted by molar-refractivity contribution is -0.384. The first-order valence-corrected chi connectivity index (χ1v) is 12.9. The van der Waals surface area contributed by atoms with Crippen molar-refractivity contribution in [2.24, 2.45) is 0 Å². The topological polar surface area (TPSA) is 89.8 Å². The van der Waals surface area contributed by atoms with Crippen molar-refractivity contribution in [2.75, 3.05) is 0 Å². The number of nitrogens with zero attached hydrogens (tertiary/aromatic N) is 2. The Morgan fingerprint density at radius 3 is 2.47 bits per heavy atom. The molecular weight excluding hydrogens is 615 g/mol. The minimum atomic E-state index is -0.531. The van der Waals surface area contributed by atoms with E-state index in [0.717, 1.165) is 22.2 Å². The average Bonchev–Trinajstić information content (AvgIpc) is 3.08. The van der Waals surface area contributed by atoms with Gasteiger partial charge in [-0.05, 0) is 74.7 Å². The van der Waals surface area contributed by atoms with Crippen molar-refractivity contribution in [3.63, 3.8) is 0 Å². The van der Waals surface area contributed by atoms with Gasteiger partial charge in [0.15, 0.2) is 5.75 Å². The van der Waals surface area contributed by atoms with Crippen LogP contribution in [-0.4, -0.2) is 21.0 Å². The Bertz CT molecular complexity index is 1410. The molecule has 0 bridgehead atoms. The number of imide groups is 1. The molecule has 0 aliphatic carbocycles. The van der Waals surface area contributed by atoms with E-state index in [2.05, 4.69) is 15.9 Å². The van der Waals surface area contributed by atoms with Gasteiger partial charge in [0, 0.05) is 12.1 Å². The molecule has 1 saturated heterocycles. The van der Waals surface area contributed by atoms with Gasteiger partial charge in [-0.15, -0.1) is 0 Å². The number of ether oxygens (including phenoxy) is 1. The van der Waals surface area contributed by atoms with Crippen molar-refractivity contribution in [3.8, 4) is 5.75 Å². The summed E-state index contributed by atoms with van der Waals surface area (Å²) in [6.07, 6.45) is 1.55. The van der Waals surface area contributed by atoms with Gasteiger partial charge in [0.25, 0.3) is 16.8 Å². The highest BCUT2D eigenvalue weighted by Crippen LogP contribution is 2.38. The van der Waals surface area contributed by atoms with Crippen LogP contribution < -0.4 is 4.74 Å². The number of halogens is 4. The van der Waals surface area contributed by atoms with Crippen molar-refractivity contribution in [3.05, 3.63) is 106 Å². The largest absolute Gasteiger partial charge is 0.486 e. The van der Waals surface area contributed by atoms with E-state index in [1.165, 1.54) is 18.2 Å². The molecule has 1 aliphatic heterocycles. The molecule has 2 amide bonds. The van der Waals surface area contributed by atoms with Crippen LogP contribution in [0.1, 0.15) is 16.7 Å². The fourth-order valence-electron chi connectivity index (χ4n) is 3.32. The molecule has 4 rings (SSSR count). The third-order valence-corrected chi connectivity index (χ3v) is 7.54. The molecule has 7 nitrogen and oxygen atoms in total. The van der Waals surface area contributed by atoms with Crippen LogP contribution in [0, 0.1) is 10.1 Å². The zero-order valence-electron chi connectivity index (χ0n) is 18.0. The zero-order valence-corrected chi connectivity index (χ0v) is 22.7. The van der Waals surface area contributed by atoms with E-state index in [-0.39, 0.29) is 23.7 Å². The number of hydrogen-bond donors (Lipinski definition) is 0. The number of non-ortho nitro benzene ring substituents is 1. The number of nitro benzene ring substituents is 1. The third-order valence-electron chi connectivity index (χ3n) is 5.02. The van der Waals surface area contributed by atoms with Crippen molar-refractivity contribution in [2.45, 2.75) is 13.2 Å². The number of benzene rings is 3. The predicted molar refractivity (Wildman–Crippen MR) is 145 cm³/mol. The molecular formula is C24H14BrCl3N2O5S. The second kappa shape index (κ2) is 11.2.